The summed E-state index contributed by atoms with van der Waals surface area (Å²) in [5.41, 5.74) is 1.80. The molecule has 0 saturated heterocycles. The molecule has 0 bridgehead atoms. The maximum absolute atomic E-state index is 12.6. The first-order valence-electron chi connectivity index (χ1n) is 8.95. The van der Waals surface area contributed by atoms with Crippen LogP contribution in [0.2, 0.25) is 0 Å². The molecule has 29 heavy (non-hydrogen) atoms. The van der Waals surface area contributed by atoms with Crippen molar-refractivity contribution in [3.8, 4) is 11.5 Å². The van der Waals surface area contributed by atoms with Gasteiger partial charge in [0.1, 0.15) is 0 Å². The molecule has 3 rings (SSSR count). The molecule has 5 nitrogen and oxygen atoms in total. The number of amides is 1. The second kappa shape index (κ2) is 9.80. The van der Waals surface area contributed by atoms with E-state index in [9.17, 15) is 9.59 Å². The number of Topliss-reactive ketones (excluding diaryl/α,β-unsaturated/α-hetero) is 1. The van der Waals surface area contributed by atoms with Crippen LogP contribution in [0.15, 0.2) is 77.7 Å². The smallest absolute Gasteiger partial charge is 0.255 e. The second-order valence-corrected chi connectivity index (χ2v) is 7.18. The molecule has 1 N–H and O–H groups in total. The monoisotopic (exact) mass is 407 g/mol. The van der Waals surface area contributed by atoms with Gasteiger partial charge in [-0.05, 0) is 30.3 Å². The lowest BCUT2D eigenvalue weighted by molar-refractivity contribution is 0.101. The normalized spacial score (nSPS) is 10.3. The maximum atomic E-state index is 12.6. The summed E-state index contributed by atoms with van der Waals surface area (Å²) >= 11 is 1.41. The Morgan fingerprint density at radius 1 is 0.828 bits per heavy atom. The van der Waals surface area contributed by atoms with Crippen LogP contribution >= 0.6 is 11.8 Å². The highest BCUT2D eigenvalue weighted by atomic mass is 32.2. The summed E-state index contributed by atoms with van der Waals surface area (Å²) in [6, 6.07) is 21.6. The summed E-state index contributed by atoms with van der Waals surface area (Å²) in [5, 5.41) is 2.85. The first-order chi connectivity index (χ1) is 14.1. The van der Waals surface area contributed by atoms with E-state index in [1.54, 1.807) is 62.8 Å². The van der Waals surface area contributed by atoms with Crippen LogP contribution in [0.25, 0.3) is 0 Å². The quantitative estimate of drug-likeness (QED) is 0.424. The highest BCUT2D eigenvalue weighted by Gasteiger charge is 2.11. The highest BCUT2D eigenvalue weighted by Crippen LogP contribution is 2.30. The molecule has 0 atom stereocenters. The number of thioether (sulfide) groups is 1. The zero-order valence-corrected chi connectivity index (χ0v) is 17.0. The van der Waals surface area contributed by atoms with Gasteiger partial charge in [-0.3, -0.25) is 9.59 Å². The van der Waals surface area contributed by atoms with E-state index in [0.717, 1.165) is 4.90 Å². The standard InChI is InChI=1S/C23H21NO4S/c1-27-21-12-11-18(14-22(21)28-2)24-23(26)17-9-6-10-19(13-17)29-15-20(25)16-7-4-3-5-8-16/h3-14H,15H2,1-2H3,(H,24,26). The Hall–Kier alpha value is -3.25. The van der Waals surface area contributed by atoms with Gasteiger partial charge >= 0.3 is 0 Å². The van der Waals surface area contributed by atoms with E-state index in [0.29, 0.717) is 34.1 Å². The fourth-order valence-corrected chi connectivity index (χ4v) is 3.55. The van der Waals surface area contributed by atoms with Crippen LogP contribution in [-0.4, -0.2) is 31.7 Å². The van der Waals surface area contributed by atoms with Crippen molar-refractivity contribution >= 4 is 29.1 Å². The van der Waals surface area contributed by atoms with Crippen molar-refractivity contribution in [3.63, 3.8) is 0 Å². The molecule has 0 fully saturated rings. The van der Waals surface area contributed by atoms with E-state index in [-0.39, 0.29) is 11.7 Å². The zero-order valence-electron chi connectivity index (χ0n) is 16.2. The van der Waals surface area contributed by atoms with Crippen LogP contribution in [0.3, 0.4) is 0 Å². The number of carbonyl (C=O) groups is 2. The van der Waals surface area contributed by atoms with Crippen molar-refractivity contribution in [2.45, 2.75) is 4.90 Å². The molecule has 6 heteroatoms. The van der Waals surface area contributed by atoms with Gasteiger partial charge in [0, 0.05) is 27.8 Å². The molecule has 0 spiro atoms. The number of rotatable bonds is 8. The van der Waals surface area contributed by atoms with Crippen LogP contribution in [0.1, 0.15) is 20.7 Å². The number of methoxy groups -OCH3 is 2. The van der Waals surface area contributed by atoms with E-state index in [2.05, 4.69) is 5.32 Å². The minimum absolute atomic E-state index is 0.0517. The fourth-order valence-electron chi connectivity index (χ4n) is 2.70. The first kappa shape index (κ1) is 20.5. The topological polar surface area (TPSA) is 64.6 Å². The lowest BCUT2D eigenvalue weighted by Gasteiger charge is -2.11. The predicted molar refractivity (Wildman–Crippen MR) is 115 cm³/mol. The van der Waals surface area contributed by atoms with Gasteiger partial charge in [-0.15, -0.1) is 11.8 Å². The van der Waals surface area contributed by atoms with E-state index in [4.69, 9.17) is 9.47 Å². The number of benzene rings is 3. The van der Waals surface area contributed by atoms with Gasteiger partial charge in [0.05, 0.1) is 20.0 Å². The Bertz CT molecular complexity index is 1000. The highest BCUT2D eigenvalue weighted by molar-refractivity contribution is 8.00. The molecule has 0 heterocycles. The molecule has 0 aromatic heterocycles. The molecule has 0 unspecified atom stereocenters. The summed E-state index contributed by atoms with van der Waals surface area (Å²) in [6.45, 7) is 0. The van der Waals surface area contributed by atoms with Gasteiger partial charge in [-0.25, -0.2) is 0 Å². The number of ketones is 1. The molecule has 0 aliphatic rings. The molecule has 3 aromatic rings. The van der Waals surface area contributed by atoms with Crippen molar-refractivity contribution in [2.75, 3.05) is 25.3 Å². The molecule has 0 radical (unpaired) electrons. The van der Waals surface area contributed by atoms with Crippen LogP contribution in [0.4, 0.5) is 5.69 Å². The number of hydrogen-bond donors (Lipinski definition) is 1. The Morgan fingerprint density at radius 2 is 1.55 bits per heavy atom. The van der Waals surface area contributed by atoms with Crippen LogP contribution in [0, 0.1) is 0 Å². The second-order valence-electron chi connectivity index (χ2n) is 6.13. The Labute approximate surface area is 174 Å². The van der Waals surface area contributed by atoms with Gasteiger partial charge < -0.3 is 14.8 Å². The summed E-state index contributed by atoms with van der Waals surface area (Å²) in [7, 11) is 3.10. The number of ether oxygens (including phenoxy) is 2. The third-order valence-electron chi connectivity index (χ3n) is 4.20. The van der Waals surface area contributed by atoms with E-state index in [1.807, 2.05) is 24.3 Å². The van der Waals surface area contributed by atoms with E-state index < -0.39 is 0 Å². The molecular formula is C23H21NO4S. The van der Waals surface area contributed by atoms with Crippen LogP contribution in [0.5, 0.6) is 11.5 Å². The van der Waals surface area contributed by atoms with Crippen molar-refractivity contribution in [3.05, 3.63) is 83.9 Å². The third kappa shape index (κ3) is 5.39. The summed E-state index contributed by atoms with van der Waals surface area (Å²) in [6.07, 6.45) is 0. The van der Waals surface area contributed by atoms with Gasteiger partial charge in [0.2, 0.25) is 0 Å². The molecule has 3 aromatic carbocycles. The maximum Gasteiger partial charge on any atom is 0.255 e. The van der Waals surface area contributed by atoms with Crippen LogP contribution < -0.4 is 14.8 Å². The summed E-state index contributed by atoms with van der Waals surface area (Å²) in [4.78, 5) is 25.7. The summed E-state index contributed by atoms with van der Waals surface area (Å²) < 4.78 is 10.5. The van der Waals surface area contributed by atoms with E-state index >= 15 is 0 Å². The number of nitrogens with one attached hydrogen (secondary N) is 1. The molecule has 0 aliphatic heterocycles. The van der Waals surface area contributed by atoms with Crippen molar-refractivity contribution in [2.24, 2.45) is 0 Å². The summed E-state index contributed by atoms with van der Waals surface area (Å²) in [5.74, 6) is 1.25. The van der Waals surface area contributed by atoms with Crippen molar-refractivity contribution in [1.82, 2.24) is 0 Å². The van der Waals surface area contributed by atoms with Gasteiger partial charge in [0.25, 0.3) is 5.91 Å². The number of hydrogen-bond acceptors (Lipinski definition) is 5. The van der Waals surface area contributed by atoms with Crippen molar-refractivity contribution in [1.29, 1.82) is 0 Å². The number of anilines is 1. The third-order valence-corrected chi connectivity index (χ3v) is 5.20. The Morgan fingerprint density at radius 3 is 2.28 bits per heavy atom. The largest absolute Gasteiger partial charge is 0.493 e. The first-order valence-corrected chi connectivity index (χ1v) is 9.94. The Kier molecular flexibility index (Phi) is 6.92. The molecular weight excluding hydrogens is 386 g/mol. The average Bonchev–Trinajstić information content (AvgIpc) is 2.78. The average molecular weight is 407 g/mol. The van der Waals surface area contributed by atoms with Gasteiger partial charge in [-0.2, -0.15) is 0 Å². The molecule has 148 valence electrons. The molecule has 0 saturated carbocycles. The van der Waals surface area contributed by atoms with Crippen molar-refractivity contribution < 1.29 is 19.1 Å². The van der Waals surface area contributed by atoms with E-state index in [1.165, 1.54) is 11.8 Å². The fraction of sp³-hybridized carbons (Fsp3) is 0.130. The van der Waals surface area contributed by atoms with Gasteiger partial charge in [-0.1, -0.05) is 36.4 Å². The van der Waals surface area contributed by atoms with Gasteiger partial charge in [0.15, 0.2) is 17.3 Å². The zero-order chi connectivity index (χ0) is 20.6. The molecule has 0 aliphatic carbocycles. The number of carbonyl (C=O) groups excluding carboxylic acids is 2. The Balaban J connectivity index is 1.65. The predicted octanol–water partition coefficient (Wildman–Crippen LogP) is 4.93. The SMILES string of the molecule is COc1ccc(NC(=O)c2cccc(SCC(=O)c3ccccc3)c2)cc1OC. The molecule has 1 amide bonds. The minimum Gasteiger partial charge on any atom is -0.493 e. The lowest BCUT2D eigenvalue weighted by Crippen LogP contribution is -2.12. The lowest BCUT2D eigenvalue weighted by atomic mass is 10.2. The van der Waals surface area contributed by atoms with Crippen LogP contribution in [-0.2, 0) is 0 Å². The minimum atomic E-state index is -0.242.